The van der Waals surface area contributed by atoms with Crippen molar-refractivity contribution in [2.45, 2.75) is 25.4 Å². The first-order valence-electron chi connectivity index (χ1n) is 7.76. The third kappa shape index (κ3) is 3.02. The molecule has 0 bridgehead atoms. The highest BCUT2D eigenvalue weighted by atomic mass is 15.3. The average Bonchev–Trinajstić information content (AvgIpc) is 2.51. The van der Waals surface area contributed by atoms with Crippen molar-refractivity contribution in [3.8, 4) is 0 Å². The van der Waals surface area contributed by atoms with E-state index in [4.69, 9.17) is 0 Å². The SMILES string of the molecule is CC1(C)CNCCN1C(c1ccccc1)c1ccccc1. The maximum atomic E-state index is 3.52. The molecule has 21 heavy (non-hydrogen) atoms. The van der Waals surface area contributed by atoms with E-state index >= 15 is 0 Å². The topological polar surface area (TPSA) is 15.3 Å². The predicted molar refractivity (Wildman–Crippen MR) is 88.4 cm³/mol. The summed E-state index contributed by atoms with van der Waals surface area (Å²) in [4.78, 5) is 2.63. The van der Waals surface area contributed by atoms with Gasteiger partial charge in [-0.05, 0) is 25.0 Å². The number of nitrogens with one attached hydrogen (secondary N) is 1. The van der Waals surface area contributed by atoms with Crippen molar-refractivity contribution in [2.75, 3.05) is 19.6 Å². The summed E-state index contributed by atoms with van der Waals surface area (Å²) in [6.07, 6.45) is 0. The van der Waals surface area contributed by atoms with Crippen LogP contribution in [0.15, 0.2) is 60.7 Å². The van der Waals surface area contributed by atoms with E-state index in [1.54, 1.807) is 0 Å². The molecule has 0 amide bonds. The number of hydrogen-bond acceptors (Lipinski definition) is 2. The van der Waals surface area contributed by atoms with Gasteiger partial charge >= 0.3 is 0 Å². The number of rotatable bonds is 3. The second-order valence-corrected chi connectivity index (χ2v) is 6.41. The standard InChI is InChI=1S/C19H24N2/c1-19(2)15-20-13-14-21(19)18(16-9-5-3-6-10-16)17-11-7-4-8-12-17/h3-12,18,20H,13-15H2,1-2H3. The third-order valence-electron chi connectivity index (χ3n) is 4.41. The monoisotopic (exact) mass is 280 g/mol. The smallest absolute Gasteiger partial charge is 0.0607 e. The second-order valence-electron chi connectivity index (χ2n) is 6.41. The minimum absolute atomic E-state index is 0.147. The van der Waals surface area contributed by atoms with Gasteiger partial charge in [-0.25, -0.2) is 0 Å². The number of benzene rings is 2. The Morgan fingerprint density at radius 3 is 1.90 bits per heavy atom. The Hall–Kier alpha value is -1.64. The van der Waals surface area contributed by atoms with Crippen LogP contribution in [0.1, 0.15) is 31.0 Å². The molecule has 1 fully saturated rings. The van der Waals surface area contributed by atoms with Crippen LogP contribution in [0, 0.1) is 0 Å². The van der Waals surface area contributed by atoms with Crippen LogP contribution >= 0.6 is 0 Å². The van der Waals surface area contributed by atoms with E-state index in [9.17, 15) is 0 Å². The van der Waals surface area contributed by atoms with Gasteiger partial charge in [-0.15, -0.1) is 0 Å². The summed E-state index contributed by atoms with van der Waals surface area (Å²) in [7, 11) is 0. The molecule has 0 aliphatic carbocycles. The van der Waals surface area contributed by atoms with E-state index in [-0.39, 0.29) is 5.54 Å². The van der Waals surface area contributed by atoms with Crippen molar-refractivity contribution in [1.29, 1.82) is 0 Å². The molecular weight excluding hydrogens is 256 g/mol. The Bertz CT molecular complexity index is 523. The second kappa shape index (κ2) is 6.00. The van der Waals surface area contributed by atoms with E-state index in [2.05, 4.69) is 84.7 Å². The van der Waals surface area contributed by atoms with Gasteiger partial charge in [-0.1, -0.05) is 60.7 Å². The minimum atomic E-state index is 0.147. The Morgan fingerprint density at radius 2 is 1.43 bits per heavy atom. The Kier molecular flexibility index (Phi) is 4.09. The van der Waals surface area contributed by atoms with Crippen LogP contribution in [-0.4, -0.2) is 30.1 Å². The van der Waals surface area contributed by atoms with Crippen molar-refractivity contribution in [1.82, 2.24) is 10.2 Å². The summed E-state index contributed by atoms with van der Waals surface area (Å²) in [5.41, 5.74) is 2.89. The third-order valence-corrected chi connectivity index (χ3v) is 4.41. The van der Waals surface area contributed by atoms with E-state index in [1.807, 2.05) is 0 Å². The van der Waals surface area contributed by atoms with Crippen LogP contribution in [-0.2, 0) is 0 Å². The molecule has 0 saturated carbocycles. The molecule has 0 spiro atoms. The molecular formula is C19H24N2. The summed E-state index contributed by atoms with van der Waals surface area (Å²) in [5, 5.41) is 3.52. The molecule has 1 heterocycles. The fourth-order valence-corrected chi connectivity index (χ4v) is 3.30. The summed E-state index contributed by atoms with van der Waals surface area (Å²) in [5.74, 6) is 0. The lowest BCUT2D eigenvalue weighted by molar-refractivity contribution is 0.0601. The Balaban J connectivity index is 2.04. The van der Waals surface area contributed by atoms with Gasteiger partial charge in [0.25, 0.3) is 0 Å². The van der Waals surface area contributed by atoms with E-state index < -0.39 is 0 Å². The van der Waals surface area contributed by atoms with Gasteiger partial charge in [0, 0.05) is 25.2 Å². The lowest BCUT2D eigenvalue weighted by Gasteiger charge is -2.47. The highest BCUT2D eigenvalue weighted by Gasteiger charge is 2.35. The van der Waals surface area contributed by atoms with Crippen molar-refractivity contribution in [3.63, 3.8) is 0 Å². The Labute approximate surface area is 127 Å². The molecule has 0 unspecified atom stereocenters. The van der Waals surface area contributed by atoms with Crippen molar-refractivity contribution < 1.29 is 0 Å². The highest BCUT2D eigenvalue weighted by Crippen LogP contribution is 2.34. The fraction of sp³-hybridized carbons (Fsp3) is 0.368. The van der Waals surface area contributed by atoms with E-state index in [1.165, 1.54) is 11.1 Å². The maximum absolute atomic E-state index is 3.52. The van der Waals surface area contributed by atoms with Crippen LogP contribution in [0.25, 0.3) is 0 Å². The Morgan fingerprint density at radius 1 is 0.905 bits per heavy atom. The quantitative estimate of drug-likeness (QED) is 0.926. The molecule has 2 aromatic rings. The van der Waals surface area contributed by atoms with Crippen molar-refractivity contribution >= 4 is 0 Å². The average molecular weight is 280 g/mol. The molecule has 110 valence electrons. The molecule has 1 saturated heterocycles. The lowest BCUT2D eigenvalue weighted by atomic mass is 9.90. The number of hydrogen-bond donors (Lipinski definition) is 1. The van der Waals surface area contributed by atoms with E-state index in [0.717, 1.165) is 19.6 Å². The summed E-state index contributed by atoms with van der Waals surface area (Å²) in [6, 6.07) is 22.0. The fourth-order valence-electron chi connectivity index (χ4n) is 3.30. The predicted octanol–water partition coefficient (Wildman–Crippen LogP) is 3.46. The first kappa shape index (κ1) is 14.3. The molecule has 1 aliphatic heterocycles. The zero-order valence-electron chi connectivity index (χ0n) is 12.9. The van der Waals surface area contributed by atoms with Crippen LogP contribution in [0.3, 0.4) is 0 Å². The first-order valence-corrected chi connectivity index (χ1v) is 7.76. The van der Waals surface area contributed by atoms with Gasteiger partial charge in [0.2, 0.25) is 0 Å². The van der Waals surface area contributed by atoms with Crippen LogP contribution < -0.4 is 5.32 Å². The van der Waals surface area contributed by atoms with Crippen molar-refractivity contribution in [3.05, 3.63) is 71.8 Å². The number of piperazine rings is 1. The van der Waals surface area contributed by atoms with Gasteiger partial charge in [-0.2, -0.15) is 0 Å². The molecule has 2 aromatic carbocycles. The largest absolute Gasteiger partial charge is 0.314 e. The summed E-state index contributed by atoms with van der Waals surface area (Å²) in [6.45, 7) is 7.82. The molecule has 0 radical (unpaired) electrons. The molecule has 0 aromatic heterocycles. The zero-order valence-corrected chi connectivity index (χ0v) is 12.9. The summed E-state index contributed by atoms with van der Waals surface area (Å²) >= 11 is 0. The maximum Gasteiger partial charge on any atom is 0.0607 e. The molecule has 1 N–H and O–H groups in total. The highest BCUT2D eigenvalue weighted by molar-refractivity contribution is 5.32. The number of nitrogens with zero attached hydrogens (tertiary/aromatic N) is 1. The summed E-state index contributed by atoms with van der Waals surface area (Å²) < 4.78 is 0. The molecule has 1 aliphatic rings. The normalized spacial score (nSPS) is 18.8. The van der Waals surface area contributed by atoms with Crippen LogP contribution in [0.5, 0.6) is 0 Å². The van der Waals surface area contributed by atoms with Gasteiger partial charge in [0.15, 0.2) is 0 Å². The molecule has 3 rings (SSSR count). The molecule has 2 nitrogen and oxygen atoms in total. The van der Waals surface area contributed by atoms with Crippen LogP contribution in [0.2, 0.25) is 0 Å². The minimum Gasteiger partial charge on any atom is -0.314 e. The lowest BCUT2D eigenvalue weighted by Crippen LogP contribution is -2.58. The van der Waals surface area contributed by atoms with Crippen LogP contribution in [0.4, 0.5) is 0 Å². The van der Waals surface area contributed by atoms with Gasteiger partial charge in [-0.3, -0.25) is 4.90 Å². The van der Waals surface area contributed by atoms with Gasteiger partial charge < -0.3 is 5.32 Å². The van der Waals surface area contributed by atoms with Crippen molar-refractivity contribution in [2.24, 2.45) is 0 Å². The molecule has 2 heteroatoms. The van der Waals surface area contributed by atoms with E-state index in [0.29, 0.717) is 6.04 Å². The molecule has 0 atom stereocenters. The zero-order chi connectivity index (χ0) is 14.7. The van der Waals surface area contributed by atoms with Gasteiger partial charge in [0.05, 0.1) is 6.04 Å². The first-order chi connectivity index (χ1) is 10.2. The van der Waals surface area contributed by atoms with Gasteiger partial charge in [0.1, 0.15) is 0 Å².